The predicted molar refractivity (Wildman–Crippen MR) is 139 cm³/mol. The summed E-state index contributed by atoms with van der Waals surface area (Å²) in [5, 5.41) is 0. The maximum atomic E-state index is 12.6. The molecule has 5 rings (SSSR count). The lowest BCUT2D eigenvalue weighted by molar-refractivity contribution is 0.0378. The van der Waals surface area contributed by atoms with Gasteiger partial charge in [-0.3, -0.25) is 4.90 Å². The second kappa shape index (κ2) is 10.6. The number of nitrogens with zero attached hydrogens (tertiary/aromatic N) is 3. The van der Waals surface area contributed by atoms with Gasteiger partial charge in [0.2, 0.25) is 0 Å². The van der Waals surface area contributed by atoms with Gasteiger partial charge in [-0.2, -0.15) is 0 Å². The van der Waals surface area contributed by atoms with E-state index in [4.69, 9.17) is 14.2 Å². The fourth-order valence-corrected chi connectivity index (χ4v) is 4.95. The van der Waals surface area contributed by atoms with Crippen LogP contribution in [0.4, 0.5) is 5.82 Å². The summed E-state index contributed by atoms with van der Waals surface area (Å²) >= 11 is 0. The van der Waals surface area contributed by atoms with Crippen molar-refractivity contribution in [1.29, 1.82) is 0 Å². The Hall–Kier alpha value is -3.58. The zero-order valence-corrected chi connectivity index (χ0v) is 21.1. The zero-order valence-electron chi connectivity index (χ0n) is 21.1. The van der Waals surface area contributed by atoms with E-state index in [9.17, 15) is 4.79 Å². The van der Waals surface area contributed by atoms with Crippen LogP contribution >= 0.6 is 0 Å². The van der Waals surface area contributed by atoms with Gasteiger partial charge in [0.05, 0.1) is 13.2 Å². The van der Waals surface area contributed by atoms with Gasteiger partial charge >= 0.3 is 5.97 Å². The minimum absolute atomic E-state index is 0.157. The second-order valence-corrected chi connectivity index (χ2v) is 9.57. The number of ether oxygens (including phenoxy) is 3. The molecule has 0 N–H and O–H groups in total. The lowest BCUT2D eigenvalue weighted by Gasteiger charge is -2.44. The van der Waals surface area contributed by atoms with Crippen molar-refractivity contribution in [2.45, 2.75) is 39.0 Å². The number of benzene rings is 2. The number of carbonyl (C=O) groups excluding carboxylic acids is 1. The second-order valence-electron chi connectivity index (χ2n) is 9.57. The monoisotopic (exact) mass is 487 g/mol. The topological polar surface area (TPSA) is 64.1 Å². The Kier molecular flexibility index (Phi) is 7.09. The van der Waals surface area contributed by atoms with Crippen LogP contribution in [0, 0.1) is 0 Å². The third-order valence-corrected chi connectivity index (χ3v) is 6.83. The van der Waals surface area contributed by atoms with Gasteiger partial charge in [-0.05, 0) is 61.2 Å². The number of piperazine rings is 1. The number of hydrogen-bond donors (Lipinski definition) is 0. The summed E-state index contributed by atoms with van der Waals surface area (Å²) in [7, 11) is 1.66. The fraction of sp³-hybridized carbons (Fsp3) is 0.379. The van der Waals surface area contributed by atoms with Gasteiger partial charge in [0.25, 0.3) is 0 Å². The van der Waals surface area contributed by atoms with Crippen LogP contribution in [0.1, 0.15) is 46.9 Å². The van der Waals surface area contributed by atoms with Crippen molar-refractivity contribution in [1.82, 2.24) is 9.88 Å². The standard InChI is InChI=1S/C29H33N3O4/c1-20(2)36-29(33)26-8-5-11-30-28(26)32-14-12-31(13-15-32)27-17-22-16-21(9-10-25(22)27)19-35-24-7-4-6-23(18-24)34-3/h4-11,16,18,20,27H,12-15,17,19H2,1-3H3. The lowest BCUT2D eigenvalue weighted by Crippen LogP contribution is -2.50. The number of methoxy groups -OCH3 is 1. The zero-order chi connectivity index (χ0) is 25.1. The average Bonchev–Trinajstić information content (AvgIpc) is 2.88. The van der Waals surface area contributed by atoms with Crippen LogP contribution in [0.5, 0.6) is 11.5 Å². The molecule has 1 atom stereocenters. The third-order valence-electron chi connectivity index (χ3n) is 6.83. The molecule has 7 nitrogen and oxygen atoms in total. The van der Waals surface area contributed by atoms with Crippen molar-refractivity contribution < 1.29 is 19.0 Å². The number of carbonyl (C=O) groups is 1. The van der Waals surface area contributed by atoms with Crippen molar-refractivity contribution in [3.8, 4) is 11.5 Å². The normalized spacial score (nSPS) is 17.3. The summed E-state index contributed by atoms with van der Waals surface area (Å²) in [6.45, 7) is 7.78. The molecule has 0 radical (unpaired) electrons. The number of anilines is 1. The molecular formula is C29H33N3O4. The molecule has 36 heavy (non-hydrogen) atoms. The smallest absolute Gasteiger partial charge is 0.342 e. The summed E-state index contributed by atoms with van der Waals surface area (Å²) in [6.07, 6.45) is 2.64. The summed E-state index contributed by atoms with van der Waals surface area (Å²) in [5.74, 6) is 2.01. The number of hydrogen-bond acceptors (Lipinski definition) is 7. The summed E-state index contributed by atoms with van der Waals surface area (Å²) < 4.78 is 16.7. The highest BCUT2D eigenvalue weighted by molar-refractivity contribution is 5.94. The summed E-state index contributed by atoms with van der Waals surface area (Å²) in [4.78, 5) is 21.8. The van der Waals surface area contributed by atoms with Gasteiger partial charge in [0, 0.05) is 44.5 Å². The van der Waals surface area contributed by atoms with Crippen LogP contribution in [-0.2, 0) is 17.8 Å². The van der Waals surface area contributed by atoms with Crippen LogP contribution in [0.15, 0.2) is 60.8 Å². The van der Waals surface area contributed by atoms with E-state index in [1.165, 1.54) is 16.7 Å². The number of fused-ring (bicyclic) bond motifs is 1. The van der Waals surface area contributed by atoms with E-state index in [0.29, 0.717) is 18.2 Å². The molecule has 2 aromatic carbocycles. The lowest BCUT2D eigenvalue weighted by atomic mass is 9.81. The van der Waals surface area contributed by atoms with Crippen molar-refractivity contribution >= 4 is 11.8 Å². The molecule has 2 heterocycles. The Morgan fingerprint density at radius 1 is 1.03 bits per heavy atom. The van der Waals surface area contributed by atoms with Crippen LogP contribution in [0.3, 0.4) is 0 Å². The van der Waals surface area contributed by atoms with Crippen LogP contribution in [-0.4, -0.2) is 55.2 Å². The van der Waals surface area contributed by atoms with Crippen molar-refractivity contribution in [3.63, 3.8) is 0 Å². The molecule has 3 aromatic rings. The molecule has 1 unspecified atom stereocenters. The Bertz CT molecular complexity index is 1220. The van der Waals surface area contributed by atoms with Gasteiger partial charge < -0.3 is 19.1 Å². The van der Waals surface area contributed by atoms with Crippen molar-refractivity contribution in [2.24, 2.45) is 0 Å². The molecule has 0 spiro atoms. The molecule has 0 bridgehead atoms. The summed E-state index contributed by atoms with van der Waals surface area (Å²) in [6, 6.07) is 18.4. The first-order valence-corrected chi connectivity index (χ1v) is 12.6. The van der Waals surface area contributed by atoms with Crippen LogP contribution < -0.4 is 14.4 Å². The Balaban J connectivity index is 1.17. The first kappa shape index (κ1) is 24.1. The molecule has 0 saturated carbocycles. The van der Waals surface area contributed by atoms with E-state index < -0.39 is 0 Å². The van der Waals surface area contributed by atoms with Crippen LogP contribution in [0.2, 0.25) is 0 Å². The fourth-order valence-electron chi connectivity index (χ4n) is 4.95. The van der Waals surface area contributed by atoms with Gasteiger partial charge in [0.1, 0.15) is 29.5 Å². The molecule has 0 amide bonds. The molecule has 1 aliphatic carbocycles. The average molecular weight is 488 g/mol. The number of rotatable bonds is 8. The summed E-state index contributed by atoms with van der Waals surface area (Å²) in [5.41, 5.74) is 4.53. The van der Waals surface area contributed by atoms with E-state index in [-0.39, 0.29) is 12.1 Å². The largest absolute Gasteiger partial charge is 0.497 e. The molecule has 1 aromatic heterocycles. The van der Waals surface area contributed by atoms with E-state index in [1.54, 1.807) is 25.4 Å². The Morgan fingerprint density at radius 3 is 2.58 bits per heavy atom. The molecular weight excluding hydrogens is 454 g/mol. The number of pyridine rings is 1. The first-order valence-electron chi connectivity index (χ1n) is 12.6. The van der Waals surface area contributed by atoms with Crippen molar-refractivity contribution in [2.75, 3.05) is 38.2 Å². The molecule has 1 aliphatic heterocycles. The highest BCUT2D eigenvalue weighted by Gasteiger charge is 2.34. The van der Waals surface area contributed by atoms with Crippen molar-refractivity contribution in [3.05, 3.63) is 83.0 Å². The molecule has 2 aliphatic rings. The molecule has 7 heteroatoms. The predicted octanol–water partition coefficient (Wildman–Crippen LogP) is 4.65. The molecule has 1 saturated heterocycles. The SMILES string of the molecule is COc1cccc(OCc2ccc3c(c2)CC3N2CCN(c3ncccc3C(=O)OC(C)C)CC2)c1. The van der Waals surface area contributed by atoms with E-state index >= 15 is 0 Å². The van der Waals surface area contributed by atoms with Crippen LogP contribution in [0.25, 0.3) is 0 Å². The minimum atomic E-state index is -0.311. The third kappa shape index (κ3) is 5.16. The minimum Gasteiger partial charge on any atom is -0.497 e. The maximum absolute atomic E-state index is 12.6. The van der Waals surface area contributed by atoms with Gasteiger partial charge in [-0.25, -0.2) is 9.78 Å². The number of esters is 1. The highest BCUT2D eigenvalue weighted by Crippen LogP contribution is 2.39. The number of aromatic nitrogens is 1. The first-order chi connectivity index (χ1) is 17.5. The van der Waals surface area contributed by atoms with Gasteiger partial charge in [-0.15, -0.1) is 0 Å². The van der Waals surface area contributed by atoms with Gasteiger partial charge in [0.15, 0.2) is 0 Å². The Morgan fingerprint density at radius 2 is 1.83 bits per heavy atom. The highest BCUT2D eigenvalue weighted by atomic mass is 16.5. The Labute approximate surface area is 212 Å². The van der Waals surface area contributed by atoms with E-state index in [0.717, 1.165) is 49.9 Å². The van der Waals surface area contributed by atoms with E-state index in [2.05, 4.69) is 33.0 Å². The quantitative estimate of drug-likeness (QED) is 0.429. The van der Waals surface area contributed by atoms with Gasteiger partial charge in [-0.1, -0.05) is 24.3 Å². The molecule has 188 valence electrons. The maximum Gasteiger partial charge on any atom is 0.342 e. The molecule has 1 fully saturated rings. The van der Waals surface area contributed by atoms with E-state index in [1.807, 2.05) is 38.1 Å².